The maximum Gasteiger partial charge on any atom is 0.234 e. The van der Waals surface area contributed by atoms with Crippen molar-refractivity contribution in [2.24, 2.45) is 0 Å². The number of carbonyl (C=O) groups excluding carboxylic acids is 1. The van der Waals surface area contributed by atoms with Crippen LogP contribution in [0.4, 0.5) is 5.69 Å². The fourth-order valence-electron chi connectivity index (χ4n) is 1.92. The molecule has 0 aliphatic rings. The number of ether oxygens (including phenoxy) is 1. The molecule has 0 saturated heterocycles. The second-order valence-electron chi connectivity index (χ2n) is 4.81. The van der Waals surface area contributed by atoms with Crippen molar-refractivity contribution in [2.75, 3.05) is 11.1 Å². The van der Waals surface area contributed by atoms with Crippen LogP contribution in [0.15, 0.2) is 78.2 Å². The number of aromatic nitrogens is 2. The van der Waals surface area contributed by atoms with E-state index in [0.29, 0.717) is 10.9 Å². The van der Waals surface area contributed by atoms with E-state index in [0.717, 1.165) is 11.4 Å². The van der Waals surface area contributed by atoms with Crippen molar-refractivity contribution in [3.63, 3.8) is 0 Å². The first-order valence-electron chi connectivity index (χ1n) is 7.32. The van der Waals surface area contributed by atoms with E-state index in [9.17, 15) is 4.79 Å². The first-order valence-corrected chi connectivity index (χ1v) is 8.31. The Balaban J connectivity index is 1.51. The highest BCUT2D eigenvalue weighted by Gasteiger charge is 2.05. The monoisotopic (exact) mass is 337 g/mol. The fourth-order valence-corrected chi connectivity index (χ4v) is 2.52. The molecule has 1 N–H and O–H groups in total. The topological polar surface area (TPSA) is 64.1 Å². The molecular formula is C18H15N3O2S. The van der Waals surface area contributed by atoms with Crippen LogP contribution in [-0.2, 0) is 4.79 Å². The van der Waals surface area contributed by atoms with Gasteiger partial charge in [0.1, 0.15) is 11.5 Å². The third-order valence-electron chi connectivity index (χ3n) is 2.99. The molecule has 0 fully saturated rings. The Bertz CT molecular complexity index is 780. The molecule has 0 spiro atoms. The summed E-state index contributed by atoms with van der Waals surface area (Å²) in [5.41, 5.74) is 0.718. The molecular weight excluding hydrogens is 322 g/mol. The molecule has 5 nitrogen and oxygen atoms in total. The summed E-state index contributed by atoms with van der Waals surface area (Å²) in [6, 6.07) is 18.5. The van der Waals surface area contributed by atoms with Crippen LogP contribution in [0.2, 0.25) is 0 Å². The van der Waals surface area contributed by atoms with Gasteiger partial charge in [-0.25, -0.2) is 9.97 Å². The second kappa shape index (κ2) is 8.12. The van der Waals surface area contributed by atoms with Gasteiger partial charge in [0.05, 0.1) is 5.75 Å². The lowest BCUT2D eigenvalue weighted by Gasteiger charge is -2.08. The number of hydrogen-bond acceptors (Lipinski definition) is 5. The zero-order valence-corrected chi connectivity index (χ0v) is 13.6. The van der Waals surface area contributed by atoms with Crippen molar-refractivity contribution in [2.45, 2.75) is 5.16 Å². The van der Waals surface area contributed by atoms with Crippen LogP contribution in [-0.4, -0.2) is 21.6 Å². The van der Waals surface area contributed by atoms with Gasteiger partial charge in [0, 0.05) is 18.1 Å². The summed E-state index contributed by atoms with van der Waals surface area (Å²) in [6.45, 7) is 0. The summed E-state index contributed by atoms with van der Waals surface area (Å²) in [5.74, 6) is 1.63. The van der Waals surface area contributed by atoms with E-state index in [2.05, 4.69) is 15.3 Å². The first-order chi connectivity index (χ1) is 11.8. The van der Waals surface area contributed by atoms with Gasteiger partial charge in [-0.2, -0.15) is 0 Å². The lowest BCUT2D eigenvalue weighted by atomic mass is 10.3. The number of anilines is 1. The summed E-state index contributed by atoms with van der Waals surface area (Å²) < 4.78 is 5.71. The van der Waals surface area contributed by atoms with Gasteiger partial charge in [-0.05, 0) is 42.5 Å². The number of para-hydroxylation sites is 1. The standard InChI is InChI=1S/C18H15N3O2S/c22-17(13-24-18-19-11-4-12-20-18)21-14-7-9-16(10-8-14)23-15-5-2-1-3-6-15/h1-12H,13H2,(H,21,22). The number of rotatable bonds is 6. The van der Waals surface area contributed by atoms with E-state index in [1.54, 1.807) is 30.6 Å². The molecule has 3 aromatic rings. The van der Waals surface area contributed by atoms with Crippen LogP contribution in [0.3, 0.4) is 0 Å². The van der Waals surface area contributed by atoms with Crippen LogP contribution in [0, 0.1) is 0 Å². The molecule has 24 heavy (non-hydrogen) atoms. The van der Waals surface area contributed by atoms with E-state index in [4.69, 9.17) is 4.74 Å². The van der Waals surface area contributed by atoms with Gasteiger partial charge >= 0.3 is 0 Å². The predicted octanol–water partition coefficient (Wildman–Crippen LogP) is 4.00. The average Bonchev–Trinajstić information content (AvgIpc) is 2.63. The van der Waals surface area contributed by atoms with E-state index in [1.807, 2.05) is 42.5 Å². The van der Waals surface area contributed by atoms with E-state index < -0.39 is 0 Å². The van der Waals surface area contributed by atoms with Gasteiger partial charge in [0.25, 0.3) is 0 Å². The van der Waals surface area contributed by atoms with E-state index >= 15 is 0 Å². The first kappa shape index (κ1) is 16.0. The Kier molecular flexibility index (Phi) is 5.42. The Morgan fingerprint density at radius 1 is 0.917 bits per heavy atom. The van der Waals surface area contributed by atoms with Crippen molar-refractivity contribution in [3.05, 3.63) is 73.1 Å². The van der Waals surface area contributed by atoms with Gasteiger partial charge in [-0.3, -0.25) is 4.79 Å². The van der Waals surface area contributed by atoms with Gasteiger partial charge in [0.2, 0.25) is 5.91 Å². The van der Waals surface area contributed by atoms with Crippen LogP contribution in [0.1, 0.15) is 0 Å². The third kappa shape index (κ3) is 4.82. The summed E-state index contributed by atoms with van der Waals surface area (Å²) in [4.78, 5) is 20.1. The number of nitrogens with one attached hydrogen (secondary N) is 1. The van der Waals surface area contributed by atoms with Gasteiger partial charge in [-0.1, -0.05) is 30.0 Å². The number of thioether (sulfide) groups is 1. The largest absolute Gasteiger partial charge is 0.457 e. The van der Waals surface area contributed by atoms with Crippen molar-refractivity contribution in [3.8, 4) is 11.5 Å². The zero-order valence-electron chi connectivity index (χ0n) is 12.8. The Morgan fingerprint density at radius 2 is 1.58 bits per heavy atom. The maximum absolute atomic E-state index is 11.9. The molecule has 120 valence electrons. The number of hydrogen-bond donors (Lipinski definition) is 1. The zero-order chi connectivity index (χ0) is 16.6. The van der Waals surface area contributed by atoms with Crippen LogP contribution < -0.4 is 10.1 Å². The number of benzene rings is 2. The molecule has 0 unspecified atom stereocenters. The third-order valence-corrected chi connectivity index (χ3v) is 3.87. The molecule has 0 saturated carbocycles. The summed E-state index contributed by atoms with van der Waals surface area (Å²) in [5, 5.41) is 3.42. The molecule has 6 heteroatoms. The molecule has 0 radical (unpaired) electrons. The van der Waals surface area contributed by atoms with Crippen molar-refractivity contribution >= 4 is 23.4 Å². The molecule has 0 bridgehead atoms. The predicted molar refractivity (Wildman–Crippen MR) is 94.3 cm³/mol. The minimum Gasteiger partial charge on any atom is -0.457 e. The second-order valence-corrected chi connectivity index (χ2v) is 5.75. The fraction of sp³-hybridized carbons (Fsp3) is 0.0556. The minimum atomic E-state index is -0.107. The van der Waals surface area contributed by atoms with Gasteiger partial charge < -0.3 is 10.1 Å². The van der Waals surface area contributed by atoms with E-state index in [-0.39, 0.29) is 11.7 Å². The van der Waals surface area contributed by atoms with Gasteiger partial charge in [0.15, 0.2) is 5.16 Å². The summed E-state index contributed by atoms with van der Waals surface area (Å²) in [6.07, 6.45) is 3.30. The average molecular weight is 337 g/mol. The number of carbonyl (C=O) groups is 1. The van der Waals surface area contributed by atoms with Crippen molar-refractivity contribution in [1.82, 2.24) is 9.97 Å². The lowest BCUT2D eigenvalue weighted by molar-refractivity contribution is -0.113. The Hall–Kier alpha value is -2.86. The van der Waals surface area contributed by atoms with E-state index in [1.165, 1.54) is 11.8 Å². The molecule has 0 aliphatic heterocycles. The molecule has 0 aliphatic carbocycles. The molecule has 1 amide bonds. The Morgan fingerprint density at radius 3 is 2.29 bits per heavy atom. The van der Waals surface area contributed by atoms with Crippen molar-refractivity contribution < 1.29 is 9.53 Å². The lowest BCUT2D eigenvalue weighted by Crippen LogP contribution is -2.14. The highest BCUT2D eigenvalue weighted by Crippen LogP contribution is 2.22. The quantitative estimate of drug-likeness (QED) is 0.544. The normalized spacial score (nSPS) is 10.2. The maximum atomic E-state index is 11.9. The molecule has 0 atom stereocenters. The minimum absolute atomic E-state index is 0.107. The molecule has 1 heterocycles. The van der Waals surface area contributed by atoms with Crippen LogP contribution in [0.5, 0.6) is 11.5 Å². The van der Waals surface area contributed by atoms with Crippen LogP contribution >= 0.6 is 11.8 Å². The molecule has 2 aromatic carbocycles. The molecule has 1 aromatic heterocycles. The smallest absolute Gasteiger partial charge is 0.234 e. The van der Waals surface area contributed by atoms with Crippen molar-refractivity contribution in [1.29, 1.82) is 0 Å². The summed E-state index contributed by atoms with van der Waals surface area (Å²) >= 11 is 1.29. The van der Waals surface area contributed by atoms with Gasteiger partial charge in [-0.15, -0.1) is 0 Å². The number of nitrogens with zero attached hydrogens (tertiary/aromatic N) is 2. The SMILES string of the molecule is O=C(CSc1ncccn1)Nc1ccc(Oc2ccccc2)cc1. The highest BCUT2D eigenvalue weighted by molar-refractivity contribution is 7.99. The van der Waals surface area contributed by atoms with Crippen LogP contribution in [0.25, 0.3) is 0 Å². The number of amides is 1. The highest BCUT2D eigenvalue weighted by atomic mass is 32.2. The molecule has 3 rings (SSSR count). The Labute approximate surface area is 144 Å². The summed E-state index contributed by atoms with van der Waals surface area (Å²) in [7, 11) is 0.